The average molecular weight is 599 g/mol. The first-order valence-corrected chi connectivity index (χ1v) is 16.1. The molecule has 0 amide bonds. The summed E-state index contributed by atoms with van der Waals surface area (Å²) in [4.78, 5) is 16.8. The van der Waals surface area contributed by atoms with Crippen molar-refractivity contribution in [1.82, 2.24) is 9.97 Å². The van der Waals surface area contributed by atoms with Gasteiger partial charge in [0.1, 0.15) is 0 Å². The maximum absolute atomic E-state index is 10.4. The molecule has 0 aliphatic carbocycles. The number of hydrogen-bond acceptors (Lipinski definition) is 3. The number of carboxylic acid groups (broad SMARTS) is 1. The van der Waals surface area contributed by atoms with Gasteiger partial charge in [0, 0.05) is 59.2 Å². The van der Waals surface area contributed by atoms with Crippen LogP contribution in [0.15, 0.2) is 96.0 Å². The topological polar surface area (TPSA) is 89.1 Å². The maximum atomic E-state index is 10.4. The first-order valence-electron chi connectivity index (χ1n) is 15.1. The van der Waals surface area contributed by atoms with Crippen LogP contribution in [0.25, 0.3) is 21.8 Å². The molecule has 0 aliphatic heterocycles. The van der Waals surface area contributed by atoms with Crippen LogP contribution in [0.2, 0.25) is 0 Å². The minimum Gasteiger partial charge on any atom is -0.481 e. The molecule has 43 heavy (non-hydrogen) atoms. The van der Waals surface area contributed by atoms with E-state index in [4.69, 9.17) is 10.2 Å². The van der Waals surface area contributed by atoms with E-state index in [-0.39, 0.29) is 13.0 Å². The van der Waals surface area contributed by atoms with E-state index < -0.39 is 5.97 Å². The van der Waals surface area contributed by atoms with Crippen molar-refractivity contribution in [2.45, 2.75) is 71.6 Å². The number of carboxylic acids is 1. The van der Waals surface area contributed by atoms with Crippen molar-refractivity contribution in [2.24, 2.45) is 0 Å². The molecule has 0 atom stereocenters. The number of H-pyrrole nitrogens is 2. The predicted molar refractivity (Wildman–Crippen MR) is 184 cm³/mol. The molecule has 5 aromatic rings. The zero-order valence-electron chi connectivity index (χ0n) is 25.5. The average Bonchev–Trinajstić information content (AvgIpc) is 3.81. The molecule has 5 nitrogen and oxygen atoms in total. The molecule has 6 heteroatoms. The molecule has 228 valence electrons. The molecule has 3 aromatic heterocycles. The molecular weight excluding hydrogens is 552 g/mol. The molecule has 5 rings (SSSR count). The van der Waals surface area contributed by atoms with Gasteiger partial charge in [-0.3, -0.25) is 4.79 Å². The van der Waals surface area contributed by atoms with Crippen molar-refractivity contribution in [3.05, 3.63) is 107 Å². The second kappa shape index (κ2) is 22.5. The van der Waals surface area contributed by atoms with Crippen molar-refractivity contribution >= 4 is 39.1 Å². The number of fused-ring (bicyclic) bond motifs is 2. The van der Waals surface area contributed by atoms with Gasteiger partial charge in [-0.05, 0) is 60.6 Å². The fourth-order valence-corrected chi connectivity index (χ4v) is 4.60. The lowest BCUT2D eigenvalue weighted by atomic mass is 10.1. The molecule has 0 fully saturated rings. The van der Waals surface area contributed by atoms with Crippen molar-refractivity contribution in [1.29, 1.82) is 0 Å². The molecule has 0 saturated carbocycles. The number of rotatable bonds is 10. The third kappa shape index (κ3) is 14.6. The molecule has 0 radical (unpaired) electrons. The van der Waals surface area contributed by atoms with Crippen LogP contribution in [0, 0.1) is 11.8 Å². The Labute approximate surface area is 260 Å². The highest BCUT2D eigenvalue weighted by Gasteiger charge is 2.03. The van der Waals surface area contributed by atoms with E-state index >= 15 is 0 Å². The molecule has 0 unspecified atom stereocenters. The summed E-state index contributed by atoms with van der Waals surface area (Å²) in [7, 11) is 0. The first-order chi connectivity index (χ1) is 21.1. The van der Waals surface area contributed by atoms with Crippen LogP contribution >= 0.6 is 11.3 Å². The van der Waals surface area contributed by atoms with Gasteiger partial charge in [0.15, 0.2) is 0 Å². The number of thiophene rings is 1. The third-order valence-corrected chi connectivity index (χ3v) is 6.98. The van der Waals surface area contributed by atoms with Gasteiger partial charge in [-0.2, -0.15) is 11.3 Å². The highest BCUT2D eigenvalue weighted by atomic mass is 32.1. The van der Waals surface area contributed by atoms with E-state index in [9.17, 15) is 4.79 Å². The lowest BCUT2D eigenvalue weighted by molar-refractivity contribution is -0.137. The first kappa shape index (κ1) is 35.1. The van der Waals surface area contributed by atoms with E-state index in [0.29, 0.717) is 6.42 Å². The molecule has 3 heterocycles. The monoisotopic (exact) mass is 598 g/mol. The SMILES string of the molecule is CC/C=C\CCO.CCCCCC#Cc1c[nH]c2ccccc12.O=C(O)CCCc1c[nH]c2ccccc12.c1ccsc1. The second-order valence-corrected chi connectivity index (χ2v) is 10.6. The Balaban J connectivity index is 0.000000220. The predicted octanol–water partition coefficient (Wildman–Crippen LogP) is 9.76. The number of aromatic nitrogens is 2. The Morgan fingerprint density at radius 1 is 0.860 bits per heavy atom. The minimum absolute atomic E-state index is 0.236. The number of aromatic amines is 2. The number of carbonyl (C=O) groups is 1. The van der Waals surface area contributed by atoms with Crippen LogP contribution in [0.5, 0.6) is 0 Å². The molecule has 0 aliphatic rings. The van der Waals surface area contributed by atoms with Gasteiger partial charge in [0.25, 0.3) is 0 Å². The lowest BCUT2D eigenvalue weighted by Crippen LogP contribution is -1.95. The van der Waals surface area contributed by atoms with E-state index in [1.165, 1.54) is 41.1 Å². The normalized spacial score (nSPS) is 10.1. The van der Waals surface area contributed by atoms with Gasteiger partial charge in [0.05, 0.1) is 0 Å². The van der Waals surface area contributed by atoms with E-state index in [0.717, 1.165) is 36.8 Å². The van der Waals surface area contributed by atoms with Crippen molar-refractivity contribution in [3.63, 3.8) is 0 Å². The van der Waals surface area contributed by atoms with Crippen LogP contribution in [0.4, 0.5) is 0 Å². The number of nitrogens with one attached hydrogen (secondary N) is 2. The van der Waals surface area contributed by atoms with Gasteiger partial charge >= 0.3 is 5.97 Å². The summed E-state index contributed by atoms with van der Waals surface area (Å²) in [5, 5.41) is 23.3. The summed E-state index contributed by atoms with van der Waals surface area (Å²) in [5.41, 5.74) is 4.60. The Hall–Kier alpha value is -4.05. The number of aliphatic hydroxyl groups excluding tert-OH is 1. The fourth-order valence-electron chi connectivity index (χ4n) is 4.15. The van der Waals surface area contributed by atoms with Crippen LogP contribution in [0.3, 0.4) is 0 Å². The van der Waals surface area contributed by atoms with Crippen LogP contribution < -0.4 is 0 Å². The Kier molecular flexibility index (Phi) is 18.4. The largest absolute Gasteiger partial charge is 0.481 e. The zero-order chi connectivity index (χ0) is 31.0. The molecule has 0 spiro atoms. The van der Waals surface area contributed by atoms with Crippen LogP contribution in [0.1, 0.15) is 76.3 Å². The van der Waals surface area contributed by atoms with E-state index in [1.54, 1.807) is 11.3 Å². The molecule has 0 bridgehead atoms. The lowest BCUT2D eigenvalue weighted by Gasteiger charge is -1.96. The van der Waals surface area contributed by atoms with E-state index in [1.807, 2.05) is 65.6 Å². The number of aliphatic hydroxyl groups is 1. The van der Waals surface area contributed by atoms with Gasteiger partial charge in [-0.15, -0.1) is 0 Å². The standard InChI is InChI=1S/C15H17N.C12H13NO2.C6H12O.C4H4S/c1-2-3-4-5-6-9-13-12-16-15-11-8-7-10-14(13)15;14-12(15)7-3-4-9-8-13-11-6-2-1-5-10(9)11;1-2-3-4-5-6-7;1-2-4-5-3-1/h7-8,10-12,16H,2-5H2,1H3;1-2,5-6,8,13H,3-4,7H2,(H,14,15);3-4,7H,2,5-6H2,1H3;1-4H/b;;4-3-;. The van der Waals surface area contributed by atoms with Crippen molar-refractivity contribution < 1.29 is 15.0 Å². The third-order valence-electron chi connectivity index (χ3n) is 6.35. The van der Waals surface area contributed by atoms with E-state index in [2.05, 4.69) is 66.0 Å². The number of unbranched alkanes of at least 4 members (excludes halogenated alkanes) is 3. The number of hydrogen-bond donors (Lipinski definition) is 4. The highest BCUT2D eigenvalue weighted by molar-refractivity contribution is 7.07. The second-order valence-electron chi connectivity index (χ2n) is 9.80. The Bertz CT molecular complexity index is 1490. The maximum Gasteiger partial charge on any atom is 0.303 e. The van der Waals surface area contributed by atoms with Gasteiger partial charge in [0.2, 0.25) is 0 Å². The van der Waals surface area contributed by atoms with Crippen molar-refractivity contribution in [2.75, 3.05) is 6.61 Å². The van der Waals surface area contributed by atoms with Crippen molar-refractivity contribution in [3.8, 4) is 11.8 Å². The molecule has 4 N–H and O–H groups in total. The Morgan fingerprint density at radius 3 is 2.16 bits per heavy atom. The summed E-state index contributed by atoms with van der Waals surface area (Å²) in [6, 6.07) is 20.4. The number of aliphatic carboxylic acids is 1. The number of benzene rings is 2. The van der Waals surface area contributed by atoms with Crippen LogP contribution in [-0.4, -0.2) is 32.8 Å². The Morgan fingerprint density at radius 2 is 1.53 bits per heavy atom. The fraction of sp³-hybridized carbons (Fsp3) is 0.324. The molecule has 2 aromatic carbocycles. The number of allylic oxidation sites excluding steroid dienone is 1. The summed E-state index contributed by atoms with van der Waals surface area (Å²) >= 11 is 1.71. The summed E-state index contributed by atoms with van der Waals surface area (Å²) in [6.45, 7) is 4.57. The zero-order valence-corrected chi connectivity index (χ0v) is 26.3. The molecule has 0 saturated heterocycles. The van der Waals surface area contributed by atoms with Gasteiger partial charge in [-0.25, -0.2) is 0 Å². The summed E-state index contributed by atoms with van der Waals surface area (Å²) in [6.07, 6.45) is 16.4. The number of aryl methyl sites for hydroxylation is 1. The summed E-state index contributed by atoms with van der Waals surface area (Å²) in [5.74, 6) is 5.76. The molecular formula is C37H46N2O3S. The van der Waals surface area contributed by atoms with Gasteiger partial charge < -0.3 is 20.2 Å². The summed E-state index contributed by atoms with van der Waals surface area (Å²) < 4.78 is 0. The van der Waals surface area contributed by atoms with Crippen LogP contribution in [-0.2, 0) is 11.2 Å². The highest BCUT2D eigenvalue weighted by Crippen LogP contribution is 2.19. The quantitative estimate of drug-likeness (QED) is 0.0733. The smallest absolute Gasteiger partial charge is 0.303 e. The van der Waals surface area contributed by atoms with Gasteiger partial charge in [-0.1, -0.05) is 99.2 Å². The number of para-hydroxylation sites is 2. The minimum atomic E-state index is -0.727.